The lowest BCUT2D eigenvalue weighted by molar-refractivity contribution is -0.384. The van der Waals surface area contributed by atoms with Gasteiger partial charge in [-0.1, -0.05) is 6.92 Å². The van der Waals surface area contributed by atoms with Crippen LogP contribution >= 0.6 is 15.9 Å². The summed E-state index contributed by atoms with van der Waals surface area (Å²) in [5.74, 6) is 0.311. The van der Waals surface area contributed by atoms with Crippen LogP contribution in [0.3, 0.4) is 0 Å². The zero-order valence-corrected chi connectivity index (χ0v) is 13.0. The van der Waals surface area contributed by atoms with E-state index in [0.717, 1.165) is 13.0 Å². The minimum Gasteiger partial charge on any atom is -0.363 e. The second kappa shape index (κ2) is 7.40. The van der Waals surface area contributed by atoms with Gasteiger partial charge in [-0.2, -0.15) is 0 Å². The summed E-state index contributed by atoms with van der Waals surface area (Å²) in [5, 5.41) is 13.9. The van der Waals surface area contributed by atoms with Crippen LogP contribution in [0.5, 0.6) is 0 Å². The van der Waals surface area contributed by atoms with Crippen LogP contribution in [0.2, 0.25) is 0 Å². The van der Waals surface area contributed by atoms with Crippen molar-refractivity contribution in [2.45, 2.75) is 26.3 Å². The third-order valence-corrected chi connectivity index (χ3v) is 3.56. The van der Waals surface area contributed by atoms with Gasteiger partial charge in [-0.3, -0.25) is 10.1 Å². The van der Waals surface area contributed by atoms with Crippen molar-refractivity contribution in [2.24, 2.45) is 0 Å². The molecule has 6 nitrogen and oxygen atoms in total. The number of likely N-dealkylation sites (N-methyl/N-ethyl adjacent to an activating group) is 1. The van der Waals surface area contributed by atoms with Crippen molar-refractivity contribution in [3.8, 4) is 0 Å². The molecule has 0 amide bonds. The lowest BCUT2D eigenvalue weighted by Crippen LogP contribution is -2.32. The number of halogens is 1. The number of nitro groups is 1. The molecule has 0 aliphatic carbocycles. The monoisotopic (exact) mass is 330 g/mol. The molecule has 106 valence electrons. The number of hydrogen-bond acceptors (Lipinski definition) is 5. The maximum Gasteiger partial charge on any atom is 0.312 e. The Kier molecular flexibility index (Phi) is 6.17. The fourth-order valence-corrected chi connectivity index (χ4v) is 1.91. The molecule has 1 atom stereocenters. The van der Waals surface area contributed by atoms with E-state index >= 15 is 0 Å². The molecule has 0 saturated heterocycles. The molecule has 0 fully saturated rings. The molecule has 1 aromatic rings. The van der Waals surface area contributed by atoms with Crippen LogP contribution in [0, 0.1) is 10.1 Å². The Bertz CT molecular complexity index is 442. The van der Waals surface area contributed by atoms with Gasteiger partial charge in [0.2, 0.25) is 5.82 Å². The third-order valence-electron chi connectivity index (χ3n) is 3.13. The quantitative estimate of drug-likeness (QED) is 0.614. The Morgan fingerprint density at radius 1 is 1.63 bits per heavy atom. The molecule has 19 heavy (non-hydrogen) atoms. The summed E-state index contributed by atoms with van der Waals surface area (Å²) < 4.78 is 0.599. The van der Waals surface area contributed by atoms with Crippen LogP contribution in [0.4, 0.5) is 11.5 Å². The average Bonchev–Trinajstić information content (AvgIpc) is 2.38. The zero-order valence-electron chi connectivity index (χ0n) is 11.4. The maximum atomic E-state index is 10.9. The Labute approximate surface area is 121 Å². The second-order valence-corrected chi connectivity index (χ2v) is 5.36. The van der Waals surface area contributed by atoms with E-state index in [-0.39, 0.29) is 5.69 Å². The molecule has 1 heterocycles. The van der Waals surface area contributed by atoms with Gasteiger partial charge in [0.25, 0.3) is 0 Å². The fourth-order valence-electron chi connectivity index (χ4n) is 1.59. The second-order valence-electron chi connectivity index (χ2n) is 4.44. The van der Waals surface area contributed by atoms with Crippen molar-refractivity contribution in [3.05, 3.63) is 26.9 Å². The smallest absolute Gasteiger partial charge is 0.312 e. The molecule has 0 aliphatic rings. The number of pyridine rings is 1. The normalized spacial score (nSPS) is 12.5. The predicted molar refractivity (Wildman–Crippen MR) is 79.5 cm³/mol. The summed E-state index contributed by atoms with van der Waals surface area (Å²) in [4.78, 5) is 16.7. The highest BCUT2D eigenvalue weighted by Gasteiger charge is 2.15. The van der Waals surface area contributed by atoms with Crippen molar-refractivity contribution in [1.29, 1.82) is 0 Å². The van der Waals surface area contributed by atoms with Gasteiger partial charge in [-0.05, 0) is 36.3 Å². The van der Waals surface area contributed by atoms with E-state index in [1.165, 1.54) is 6.07 Å². The van der Waals surface area contributed by atoms with Crippen molar-refractivity contribution in [2.75, 3.05) is 25.5 Å². The van der Waals surface area contributed by atoms with Gasteiger partial charge in [0, 0.05) is 35.9 Å². The summed E-state index contributed by atoms with van der Waals surface area (Å²) in [6.45, 7) is 5.72. The highest BCUT2D eigenvalue weighted by molar-refractivity contribution is 9.10. The fraction of sp³-hybridized carbons (Fsp3) is 0.583. The SMILES string of the molecule is CCC(C)N(C)CCNc1ncc(Br)cc1[N+](=O)[O-]. The first-order chi connectivity index (χ1) is 8.95. The lowest BCUT2D eigenvalue weighted by Gasteiger charge is -2.23. The van der Waals surface area contributed by atoms with E-state index in [1.807, 2.05) is 7.05 Å². The first-order valence-corrected chi connectivity index (χ1v) is 6.99. The average molecular weight is 331 g/mol. The largest absolute Gasteiger partial charge is 0.363 e. The van der Waals surface area contributed by atoms with Crippen LogP contribution in [0.1, 0.15) is 20.3 Å². The van der Waals surface area contributed by atoms with E-state index in [4.69, 9.17) is 0 Å². The molecular formula is C12H19BrN4O2. The topological polar surface area (TPSA) is 71.3 Å². The standard InChI is InChI=1S/C12H19BrN4O2/c1-4-9(2)16(3)6-5-14-12-11(17(18)19)7-10(13)8-15-12/h7-9H,4-6H2,1-3H3,(H,14,15). The third kappa shape index (κ3) is 4.76. The van der Waals surface area contributed by atoms with Crippen molar-refractivity contribution >= 4 is 27.4 Å². The highest BCUT2D eigenvalue weighted by atomic mass is 79.9. The van der Waals surface area contributed by atoms with Gasteiger partial charge in [0.15, 0.2) is 0 Å². The van der Waals surface area contributed by atoms with Crippen molar-refractivity contribution in [1.82, 2.24) is 9.88 Å². The summed E-state index contributed by atoms with van der Waals surface area (Å²) in [5.41, 5.74) is -0.0134. The molecule has 1 rings (SSSR count). The Balaban J connectivity index is 2.61. The minimum absolute atomic E-state index is 0.0134. The van der Waals surface area contributed by atoms with Crippen LogP contribution in [0.15, 0.2) is 16.7 Å². The molecule has 1 aromatic heterocycles. The molecule has 1 N–H and O–H groups in total. The number of nitrogens with zero attached hydrogens (tertiary/aromatic N) is 3. The number of hydrogen-bond donors (Lipinski definition) is 1. The Hall–Kier alpha value is -1.21. The van der Waals surface area contributed by atoms with E-state index in [2.05, 4.69) is 45.0 Å². The molecule has 0 spiro atoms. The number of aromatic nitrogens is 1. The first kappa shape index (κ1) is 15.8. The molecule has 1 unspecified atom stereocenters. The first-order valence-electron chi connectivity index (χ1n) is 6.19. The number of nitrogens with one attached hydrogen (secondary N) is 1. The summed E-state index contributed by atoms with van der Waals surface area (Å²) in [7, 11) is 2.04. The van der Waals surface area contributed by atoms with E-state index < -0.39 is 4.92 Å². The van der Waals surface area contributed by atoms with Crippen LogP contribution in [0.25, 0.3) is 0 Å². The summed E-state index contributed by atoms with van der Waals surface area (Å²) in [6.07, 6.45) is 2.63. The van der Waals surface area contributed by atoms with E-state index in [0.29, 0.717) is 22.9 Å². The molecule has 0 radical (unpaired) electrons. The van der Waals surface area contributed by atoms with Gasteiger partial charge in [-0.15, -0.1) is 0 Å². The van der Waals surface area contributed by atoms with Gasteiger partial charge in [-0.25, -0.2) is 4.98 Å². The summed E-state index contributed by atoms with van der Waals surface area (Å²) >= 11 is 3.18. The van der Waals surface area contributed by atoms with Gasteiger partial charge in [0.1, 0.15) is 0 Å². The van der Waals surface area contributed by atoms with Crippen LogP contribution in [-0.2, 0) is 0 Å². The Morgan fingerprint density at radius 2 is 2.32 bits per heavy atom. The molecule has 0 aliphatic heterocycles. The van der Waals surface area contributed by atoms with Crippen LogP contribution < -0.4 is 5.32 Å². The summed E-state index contributed by atoms with van der Waals surface area (Å²) in [6, 6.07) is 1.95. The molecular weight excluding hydrogens is 312 g/mol. The Morgan fingerprint density at radius 3 is 2.89 bits per heavy atom. The lowest BCUT2D eigenvalue weighted by atomic mass is 10.2. The maximum absolute atomic E-state index is 10.9. The highest BCUT2D eigenvalue weighted by Crippen LogP contribution is 2.24. The van der Waals surface area contributed by atoms with E-state index in [1.54, 1.807) is 6.20 Å². The van der Waals surface area contributed by atoms with Gasteiger partial charge in [0.05, 0.1) is 4.92 Å². The molecule has 0 bridgehead atoms. The number of anilines is 1. The van der Waals surface area contributed by atoms with Crippen molar-refractivity contribution < 1.29 is 4.92 Å². The number of rotatable bonds is 7. The molecule has 7 heteroatoms. The minimum atomic E-state index is -0.432. The van der Waals surface area contributed by atoms with E-state index in [9.17, 15) is 10.1 Å². The zero-order chi connectivity index (χ0) is 14.4. The van der Waals surface area contributed by atoms with Crippen molar-refractivity contribution in [3.63, 3.8) is 0 Å². The molecule has 0 saturated carbocycles. The van der Waals surface area contributed by atoms with Crippen LogP contribution in [-0.4, -0.2) is 41.0 Å². The van der Waals surface area contributed by atoms with Gasteiger partial charge >= 0.3 is 5.69 Å². The van der Waals surface area contributed by atoms with Gasteiger partial charge < -0.3 is 10.2 Å². The molecule has 0 aromatic carbocycles. The predicted octanol–water partition coefficient (Wildman–Crippen LogP) is 2.89.